The van der Waals surface area contributed by atoms with Crippen molar-refractivity contribution >= 4 is 0 Å². The molecule has 0 spiro atoms. The van der Waals surface area contributed by atoms with Crippen LogP contribution in [-0.2, 0) is 0 Å². The second kappa shape index (κ2) is 7.34. The van der Waals surface area contributed by atoms with E-state index < -0.39 is 0 Å². The summed E-state index contributed by atoms with van der Waals surface area (Å²) in [4.78, 5) is 2.63. The minimum absolute atomic E-state index is 0.756. The smallest absolute Gasteiger partial charge is 0.00797 e. The zero-order valence-electron chi connectivity index (χ0n) is 11.4. The molecule has 0 saturated carbocycles. The molecule has 2 atom stereocenters. The molecule has 0 aromatic heterocycles. The van der Waals surface area contributed by atoms with E-state index in [1.165, 1.54) is 71.4 Å². The largest absolute Gasteiger partial charge is 0.317 e. The first kappa shape index (κ1) is 13.3. The minimum atomic E-state index is 0.756. The fourth-order valence-corrected chi connectivity index (χ4v) is 3.06. The fraction of sp³-hybridized carbons (Fsp3) is 1.00. The molecule has 0 radical (unpaired) electrons. The summed E-state index contributed by atoms with van der Waals surface area (Å²) in [6.07, 6.45) is 6.81. The van der Waals surface area contributed by atoms with Crippen LogP contribution >= 0.6 is 0 Å². The lowest BCUT2D eigenvalue weighted by Gasteiger charge is -2.23. The Bertz CT molecular complexity index is 194. The van der Waals surface area contributed by atoms with Crippen molar-refractivity contribution in [2.75, 3.05) is 39.3 Å². The van der Waals surface area contributed by atoms with Crippen LogP contribution in [0.4, 0.5) is 0 Å². The van der Waals surface area contributed by atoms with Crippen molar-refractivity contribution in [3.8, 4) is 0 Å². The van der Waals surface area contributed by atoms with Gasteiger partial charge in [0.05, 0.1) is 0 Å². The van der Waals surface area contributed by atoms with Crippen molar-refractivity contribution < 1.29 is 0 Å². The quantitative estimate of drug-likeness (QED) is 0.760. The molecule has 0 aromatic rings. The monoisotopic (exact) mass is 239 g/mol. The van der Waals surface area contributed by atoms with E-state index in [1.54, 1.807) is 0 Å². The Labute approximate surface area is 106 Å². The fourth-order valence-electron chi connectivity index (χ4n) is 3.06. The Morgan fingerprint density at radius 1 is 1.18 bits per heavy atom. The van der Waals surface area contributed by atoms with Crippen molar-refractivity contribution in [2.24, 2.45) is 5.92 Å². The maximum absolute atomic E-state index is 3.77. The molecular weight excluding hydrogens is 210 g/mol. The highest BCUT2D eigenvalue weighted by molar-refractivity contribution is 4.75. The van der Waals surface area contributed by atoms with Crippen LogP contribution in [-0.4, -0.2) is 50.2 Å². The predicted molar refractivity (Wildman–Crippen MR) is 73.3 cm³/mol. The standard InChI is InChI=1S/C14H29N3/c1-13(12-17-9-2-3-10-17)11-16-14-5-4-7-15-8-6-14/h13-16H,2-12H2,1H3. The van der Waals surface area contributed by atoms with Gasteiger partial charge in [0.25, 0.3) is 0 Å². The van der Waals surface area contributed by atoms with Crippen molar-refractivity contribution in [1.82, 2.24) is 15.5 Å². The summed E-state index contributed by atoms with van der Waals surface area (Å²) in [6, 6.07) is 0.756. The number of hydrogen-bond donors (Lipinski definition) is 2. The Balaban J connectivity index is 1.59. The average molecular weight is 239 g/mol. The topological polar surface area (TPSA) is 27.3 Å². The molecule has 3 nitrogen and oxygen atoms in total. The summed E-state index contributed by atoms with van der Waals surface area (Å²) in [7, 11) is 0. The first-order chi connectivity index (χ1) is 8.34. The van der Waals surface area contributed by atoms with Gasteiger partial charge in [0.2, 0.25) is 0 Å². The van der Waals surface area contributed by atoms with Gasteiger partial charge >= 0.3 is 0 Å². The third-order valence-corrected chi connectivity index (χ3v) is 4.10. The molecule has 2 unspecified atom stereocenters. The van der Waals surface area contributed by atoms with Crippen LogP contribution in [0, 0.1) is 5.92 Å². The first-order valence-electron chi connectivity index (χ1n) is 7.51. The Morgan fingerprint density at radius 3 is 2.82 bits per heavy atom. The summed E-state index contributed by atoms with van der Waals surface area (Å²) in [5.74, 6) is 0.796. The van der Waals surface area contributed by atoms with Crippen molar-refractivity contribution in [1.29, 1.82) is 0 Å². The van der Waals surface area contributed by atoms with E-state index in [9.17, 15) is 0 Å². The van der Waals surface area contributed by atoms with Gasteiger partial charge in [-0.05, 0) is 70.7 Å². The van der Waals surface area contributed by atoms with Gasteiger partial charge < -0.3 is 15.5 Å². The van der Waals surface area contributed by atoms with Crippen molar-refractivity contribution in [3.05, 3.63) is 0 Å². The Kier molecular flexibility index (Phi) is 5.75. The van der Waals surface area contributed by atoms with E-state index in [0.717, 1.165) is 12.0 Å². The lowest BCUT2D eigenvalue weighted by Crippen LogP contribution is -2.37. The highest BCUT2D eigenvalue weighted by Crippen LogP contribution is 2.11. The van der Waals surface area contributed by atoms with Crippen LogP contribution in [0.25, 0.3) is 0 Å². The molecule has 0 bridgehead atoms. The third-order valence-electron chi connectivity index (χ3n) is 4.10. The summed E-state index contributed by atoms with van der Waals surface area (Å²) in [6.45, 7) is 9.94. The normalized spacial score (nSPS) is 29.1. The summed E-state index contributed by atoms with van der Waals surface area (Å²) >= 11 is 0. The highest BCUT2D eigenvalue weighted by Gasteiger charge is 2.16. The van der Waals surface area contributed by atoms with Gasteiger partial charge in [-0.3, -0.25) is 0 Å². The molecule has 2 rings (SSSR count). The van der Waals surface area contributed by atoms with Crippen molar-refractivity contribution in [3.63, 3.8) is 0 Å². The average Bonchev–Trinajstić information content (AvgIpc) is 2.68. The highest BCUT2D eigenvalue weighted by atomic mass is 15.1. The van der Waals surface area contributed by atoms with Crippen LogP contribution in [0.15, 0.2) is 0 Å². The van der Waals surface area contributed by atoms with E-state index in [-0.39, 0.29) is 0 Å². The molecule has 2 heterocycles. The maximum Gasteiger partial charge on any atom is 0.00797 e. The van der Waals surface area contributed by atoms with Crippen LogP contribution in [0.2, 0.25) is 0 Å². The van der Waals surface area contributed by atoms with Crippen LogP contribution < -0.4 is 10.6 Å². The molecule has 2 N–H and O–H groups in total. The van der Waals surface area contributed by atoms with Crippen molar-refractivity contribution in [2.45, 2.75) is 45.1 Å². The summed E-state index contributed by atoms with van der Waals surface area (Å²) in [5, 5.41) is 7.24. The second-order valence-corrected chi connectivity index (χ2v) is 5.90. The van der Waals surface area contributed by atoms with Gasteiger partial charge in [0, 0.05) is 12.6 Å². The lowest BCUT2D eigenvalue weighted by molar-refractivity contribution is 0.275. The number of nitrogens with one attached hydrogen (secondary N) is 2. The van der Waals surface area contributed by atoms with E-state index in [2.05, 4.69) is 22.5 Å². The Morgan fingerprint density at radius 2 is 2.00 bits per heavy atom. The maximum atomic E-state index is 3.77. The van der Waals surface area contributed by atoms with E-state index in [1.807, 2.05) is 0 Å². The van der Waals surface area contributed by atoms with Crippen LogP contribution in [0.1, 0.15) is 39.0 Å². The van der Waals surface area contributed by atoms with Gasteiger partial charge in [0.15, 0.2) is 0 Å². The van der Waals surface area contributed by atoms with Gasteiger partial charge in [-0.15, -0.1) is 0 Å². The molecule has 2 saturated heterocycles. The zero-order valence-corrected chi connectivity index (χ0v) is 11.4. The van der Waals surface area contributed by atoms with Gasteiger partial charge in [-0.1, -0.05) is 6.92 Å². The Hall–Kier alpha value is -0.120. The zero-order chi connectivity index (χ0) is 11.9. The molecule has 100 valence electrons. The summed E-state index contributed by atoms with van der Waals surface area (Å²) < 4.78 is 0. The van der Waals surface area contributed by atoms with E-state index in [0.29, 0.717) is 0 Å². The second-order valence-electron chi connectivity index (χ2n) is 5.90. The minimum Gasteiger partial charge on any atom is -0.317 e. The molecule has 0 amide bonds. The molecule has 2 aliphatic heterocycles. The SMILES string of the molecule is CC(CNC1CCCNCC1)CN1CCCC1. The summed E-state index contributed by atoms with van der Waals surface area (Å²) in [5.41, 5.74) is 0. The molecular formula is C14H29N3. The molecule has 3 heteroatoms. The van der Waals surface area contributed by atoms with Crippen LogP contribution in [0.5, 0.6) is 0 Å². The lowest BCUT2D eigenvalue weighted by atomic mass is 10.1. The van der Waals surface area contributed by atoms with Gasteiger partial charge in [0.1, 0.15) is 0 Å². The third kappa shape index (κ3) is 4.94. The van der Waals surface area contributed by atoms with Gasteiger partial charge in [-0.25, -0.2) is 0 Å². The molecule has 0 aromatic carbocycles. The van der Waals surface area contributed by atoms with Crippen LogP contribution in [0.3, 0.4) is 0 Å². The predicted octanol–water partition coefficient (Wildman–Crippen LogP) is 1.45. The number of likely N-dealkylation sites (tertiary alicyclic amines) is 1. The van der Waals surface area contributed by atoms with E-state index in [4.69, 9.17) is 0 Å². The molecule has 2 aliphatic rings. The molecule has 0 aliphatic carbocycles. The number of rotatable bonds is 5. The first-order valence-corrected chi connectivity index (χ1v) is 7.51. The van der Waals surface area contributed by atoms with Gasteiger partial charge in [-0.2, -0.15) is 0 Å². The number of hydrogen-bond acceptors (Lipinski definition) is 3. The van der Waals surface area contributed by atoms with E-state index >= 15 is 0 Å². The molecule has 17 heavy (non-hydrogen) atoms. The number of nitrogens with zero attached hydrogens (tertiary/aromatic N) is 1. The molecule has 2 fully saturated rings.